The molecule has 1 aromatic heterocycles. The van der Waals surface area contributed by atoms with E-state index in [4.69, 9.17) is 0 Å². The fourth-order valence-corrected chi connectivity index (χ4v) is 5.24. The van der Waals surface area contributed by atoms with Crippen LogP contribution in [0.25, 0.3) is 0 Å². The Kier molecular flexibility index (Phi) is 8.27. The zero-order valence-electron chi connectivity index (χ0n) is 22.4. The highest BCUT2D eigenvalue weighted by Crippen LogP contribution is 2.32. The molecule has 194 valence electrons. The van der Waals surface area contributed by atoms with E-state index in [0.29, 0.717) is 36.3 Å². The van der Waals surface area contributed by atoms with Gasteiger partial charge in [0.1, 0.15) is 11.6 Å². The molecule has 1 aliphatic carbocycles. The van der Waals surface area contributed by atoms with Gasteiger partial charge in [-0.1, -0.05) is 26.8 Å². The molecular formula is C29H41N5O2. The molecule has 2 aliphatic rings. The normalized spacial score (nSPS) is 18.7. The summed E-state index contributed by atoms with van der Waals surface area (Å²) in [6, 6.07) is 8.00. The van der Waals surface area contributed by atoms with Crippen molar-refractivity contribution in [3.8, 4) is 0 Å². The van der Waals surface area contributed by atoms with Crippen molar-refractivity contribution in [2.75, 3.05) is 24.5 Å². The number of hydrogen-bond acceptors (Lipinski definition) is 5. The third-order valence-electron chi connectivity index (χ3n) is 7.91. The summed E-state index contributed by atoms with van der Waals surface area (Å²) in [4.78, 5) is 36.8. The van der Waals surface area contributed by atoms with Gasteiger partial charge in [0.05, 0.1) is 6.04 Å². The molecular weight excluding hydrogens is 450 g/mol. The molecule has 7 nitrogen and oxygen atoms in total. The summed E-state index contributed by atoms with van der Waals surface area (Å²) in [5.74, 6) is 3.16. The molecule has 2 aromatic rings. The Hall–Kier alpha value is -2.96. The summed E-state index contributed by atoms with van der Waals surface area (Å²) in [7, 11) is 0. The van der Waals surface area contributed by atoms with Gasteiger partial charge in [0.2, 0.25) is 5.91 Å². The van der Waals surface area contributed by atoms with Crippen LogP contribution < -0.4 is 15.5 Å². The van der Waals surface area contributed by atoms with E-state index in [9.17, 15) is 9.59 Å². The van der Waals surface area contributed by atoms with E-state index >= 15 is 0 Å². The largest absolute Gasteiger partial charge is 0.356 e. The predicted molar refractivity (Wildman–Crippen MR) is 143 cm³/mol. The molecule has 4 rings (SSSR count). The zero-order valence-corrected chi connectivity index (χ0v) is 22.4. The second-order valence-corrected chi connectivity index (χ2v) is 11.1. The number of amides is 2. The van der Waals surface area contributed by atoms with Crippen LogP contribution in [0.15, 0.2) is 24.3 Å². The van der Waals surface area contributed by atoms with Gasteiger partial charge in [-0.25, -0.2) is 9.97 Å². The minimum Gasteiger partial charge on any atom is -0.356 e. The summed E-state index contributed by atoms with van der Waals surface area (Å²) >= 11 is 0. The fraction of sp³-hybridized carbons (Fsp3) is 0.586. The summed E-state index contributed by atoms with van der Waals surface area (Å²) in [6.45, 7) is 12.9. The third-order valence-corrected chi connectivity index (χ3v) is 7.91. The lowest BCUT2D eigenvalue weighted by Gasteiger charge is -2.33. The van der Waals surface area contributed by atoms with Crippen LogP contribution in [-0.4, -0.2) is 41.4 Å². The third kappa shape index (κ3) is 6.42. The SMILES string of the molecule is Cc1cc(N2CCC(CNC(=O)c3ccc4c(c3)C(NC(=O)CC(C)C(C)C)CC4)CC2)nc(C)n1. The highest BCUT2D eigenvalue weighted by atomic mass is 16.2. The number of benzene rings is 1. The van der Waals surface area contributed by atoms with Gasteiger partial charge in [0, 0.05) is 43.4 Å². The van der Waals surface area contributed by atoms with E-state index < -0.39 is 0 Å². The smallest absolute Gasteiger partial charge is 0.251 e. The van der Waals surface area contributed by atoms with E-state index in [1.54, 1.807) is 0 Å². The fourth-order valence-electron chi connectivity index (χ4n) is 5.24. The van der Waals surface area contributed by atoms with E-state index in [1.807, 2.05) is 32.0 Å². The van der Waals surface area contributed by atoms with Gasteiger partial charge in [0.25, 0.3) is 5.91 Å². The van der Waals surface area contributed by atoms with Crippen molar-refractivity contribution in [1.82, 2.24) is 20.6 Å². The molecule has 0 bridgehead atoms. The topological polar surface area (TPSA) is 87.2 Å². The van der Waals surface area contributed by atoms with E-state index in [0.717, 1.165) is 61.7 Å². The van der Waals surface area contributed by atoms with Crippen LogP contribution in [0.4, 0.5) is 5.82 Å². The number of carbonyl (C=O) groups excluding carboxylic acids is 2. The number of fused-ring (bicyclic) bond motifs is 1. The maximum Gasteiger partial charge on any atom is 0.251 e. The van der Waals surface area contributed by atoms with Crippen LogP contribution >= 0.6 is 0 Å². The molecule has 36 heavy (non-hydrogen) atoms. The highest BCUT2D eigenvalue weighted by molar-refractivity contribution is 5.94. The Bertz CT molecular complexity index is 1070. The molecule has 1 fully saturated rings. The molecule has 2 heterocycles. The number of rotatable bonds is 8. The Balaban J connectivity index is 1.29. The average Bonchev–Trinajstić information content (AvgIpc) is 3.23. The molecule has 0 saturated carbocycles. The van der Waals surface area contributed by atoms with Gasteiger partial charge >= 0.3 is 0 Å². The number of aryl methyl sites for hydroxylation is 3. The van der Waals surface area contributed by atoms with Gasteiger partial charge < -0.3 is 15.5 Å². The number of nitrogens with zero attached hydrogens (tertiary/aromatic N) is 3. The highest BCUT2D eigenvalue weighted by Gasteiger charge is 2.26. The number of carbonyl (C=O) groups is 2. The number of anilines is 1. The van der Waals surface area contributed by atoms with Gasteiger partial charge in [-0.05, 0) is 80.5 Å². The maximum atomic E-state index is 13.0. The number of nitrogens with one attached hydrogen (secondary N) is 2. The van der Waals surface area contributed by atoms with Gasteiger partial charge in [-0.3, -0.25) is 9.59 Å². The second-order valence-electron chi connectivity index (χ2n) is 11.1. The Morgan fingerprint density at radius 2 is 1.81 bits per heavy atom. The summed E-state index contributed by atoms with van der Waals surface area (Å²) in [6.07, 6.45) is 4.42. The number of aromatic nitrogens is 2. The van der Waals surface area contributed by atoms with Gasteiger partial charge in [-0.2, -0.15) is 0 Å². The van der Waals surface area contributed by atoms with Crippen molar-refractivity contribution < 1.29 is 9.59 Å². The first-order valence-corrected chi connectivity index (χ1v) is 13.5. The van der Waals surface area contributed by atoms with Gasteiger partial charge in [0.15, 0.2) is 0 Å². The molecule has 1 saturated heterocycles. The predicted octanol–water partition coefficient (Wildman–Crippen LogP) is 4.53. The Labute approximate surface area is 215 Å². The standard InChI is InChI=1S/C29H41N5O2/c1-18(2)19(3)14-28(35)33-26-9-8-23-6-7-24(16-25(23)26)29(36)30-17-22-10-12-34(13-11-22)27-15-20(4)31-21(5)32-27/h6-7,15-16,18-19,22,26H,8-14,17H2,1-5H3,(H,30,36)(H,33,35). The van der Waals surface area contributed by atoms with Crippen molar-refractivity contribution in [1.29, 1.82) is 0 Å². The van der Waals surface area contributed by atoms with E-state index in [-0.39, 0.29) is 17.9 Å². The summed E-state index contributed by atoms with van der Waals surface area (Å²) in [5, 5.41) is 6.37. The molecule has 1 aliphatic heterocycles. The molecule has 0 spiro atoms. The molecule has 2 unspecified atom stereocenters. The van der Waals surface area contributed by atoms with Crippen molar-refractivity contribution in [3.63, 3.8) is 0 Å². The first-order valence-electron chi connectivity index (χ1n) is 13.5. The average molecular weight is 492 g/mol. The van der Waals surface area contributed by atoms with Crippen LogP contribution in [0.5, 0.6) is 0 Å². The summed E-state index contributed by atoms with van der Waals surface area (Å²) in [5.41, 5.74) is 4.00. The molecule has 2 amide bonds. The Morgan fingerprint density at radius 1 is 1.06 bits per heavy atom. The molecule has 0 radical (unpaired) electrons. The lowest BCUT2D eigenvalue weighted by molar-refractivity contribution is -0.123. The van der Waals surface area contributed by atoms with Crippen molar-refractivity contribution in [2.24, 2.45) is 17.8 Å². The van der Waals surface area contributed by atoms with Crippen LogP contribution in [0.1, 0.15) is 85.5 Å². The molecule has 7 heteroatoms. The van der Waals surface area contributed by atoms with Crippen LogP contribution in [0, 0.1) is 31.6 Å². The Morgan fingerprint density at radius 3 is 2.50 bits per heavy atom. The first kappa shape index (κ1) is 26.1. The molecule has 2 N–H and O–H groups in total. The molecule has 2 atom stereocenters. The van der Waals surface area contributed by atoms with Crippen LogP contribution in [0.2, 0.25) is 0 Å². The summed E-state index contributed by atoms with van der Waals surface area (Å²) < 4.78 is 0. The van der Waals surface area contributed by atoms with Crippen molar-refractivity contribution in [3.05, 3.63) is 52.5 Å². The lowest BCUT2D eigenvalue weighted by atomic mass is 9.94. The number of piperidine rings is 1. The minimum atomic E-state index is -0.0345. The van der Waals surface area contributed by atoms with E-state index in [1.165, 1.54) is 5.56 Å². The monoisotopic (exact) mass is 491 g/mol. The maximum absolute atomic E-state index is 13.0. The van der Waals surface area contributed by atoms with Crippen LogP contribution in [0.3, 0.4) is 0 Å². The quantitative estimate of drug-likeness (QED) is 0.567. The zero-order chi connectivity index (χ0) is 25.8. The van der Waals surface area contributed by atoms with Crippen molar-refractivity contribution >= 4 is 17.6 Å². The first-order chi connectivity index (χ1) is 17.2. The minimum absolute atomic E-state index is 0.00184. The molecule has 1 aromatic carbocycles. The van der Waals surface area contributed by atoms with E-state index in [2.05, 4.69) is 52.3 Å². The van der Waals surface area contributed by atoms with Crippen LogP contribution in [-0.2, 0) is 11.2 Å². The van der Waals surface area contributed by atoms with Gasteiger partial charge in [-0.15, -0.1) is 0 Å². The second kappa shape index (κ2) is 11.4. The van der Waals surface area contributed by atoms with Crippen molar-refractivity contribution in [2.45, 2.75) is 72.8 Å². The number of hydrogen-bond donors (Lipinski definition) is 2. The lowest BCUT2D eigenvalue weighted by Crippen LogP contribution is -2.39.